The van der Waals surface area contributed by atoms with Crippen molar-refractivity contribution in [2.45, 2.75) is 6.54 Å². The van der Waals surface area contributed by atoms with E-state index in [2.05, 4.69) is 16.6 Å². The zero-order valence-electron chi connectivity index (χ0n) is 10.1. The lowest BCUT2D eigenvalue weighted by Gasteiger charge is -2.10. The fraction of sp³-hybridized carbons (Fsp3) is 0.308. The number of terminal acetylenes is 1. The number of amides is 2. The summed E-state index contributed by atoms with van der Waals surface area (Å²) in [5, 5.41) is 5.67. The second-order valence-electron chi connectivity index (χ2n) is 3.57. The van der Waals surface area contributed by atoms with E-state index in [-0.39, 0.29) is 6.61 Å². The number of carbonyl (C=O) groups excluding carboxylic acids is 1. The van der Waals surface area contributed by atoms with Gasteiger partial charge < -0.3 is 21.1 Å². The maximum atomic E-state index is 10.4. The number of benzene rings is 1. The van der Waals surface area contributed by atoms with Crippen LogP contribution in [0.15, 0.2) is 24.3 Å². The maximum absolute atomic E-state index is 10.4. The molecule has 0 aromatic heterocycles. The lowest BCUT2D eigenvalue weighted by Crippen LogP contribution is -2.35. The minimum Gasteiger partial charge on any atom is -0.481 e. The highest BCUT2D eigenvalue weighted by Crippen LogP contribution is 2.17. The molecular weight excluding hydrogens is 230 g/mol. The molecule has 0 aliphatic heterocycles. The summed E-state index contributed by atoms with van der Waals surface area (Å²) in [5.41, 5.74) is 5.97. The van der Waals surface area contributed by atoms with Gasteiger partial charge in [0, 0.05) is 25.2 Å². The van der Waals surface area contributed by atoms with Gasteiger partial charge in [-0.3, -0.25) is 0 Å². The Kier molecular flexibility index (Phi) is 6.15. The van der Waals surface area contributed by atoms with Crippen LogP contribution in [0.25, 0.3) is 0 Å². The minimum atomic E-state index is -0.519. The third-order valence-electron chi connectivity index (χ3n) is 2.20. The first-order valence-electron chi connectivity index (χ1n) is 5.62. The Balaban J connectivity index is 2.37. The molecule has 1 aromatic carbocycles. The van der Waals surface area contributed by atoms with Crippen LogP contribution in [0.2, 0.25) is 0 Å². The van der Waals surface area contributed by atoms with Gasteiger partial charge in [0.05, 0.1) is 0 Å². The van der Waals surface area contributed by atoms with Gasteiger partial charge in [0.1, 0.15) is 12.4 Å². The van der Waals surface area contributed by atoms with Gasteiger partial charge >= 0.3 is 6.03 Å². The van der Waals surface area contributed by atoms with Crippen LogP contribution in [0, 0.1) is 12.3 Å². The summed E-state index contributed by atoms with van der Waals surface area (Å²) in [6.07, 6.45) is 5.15. The monoisotopic (exact) mass is 247 g/mol. The first-order valence-corrected chi connectivity index (χ1v) is 5.62. The fourth-order valence-electron chi connectivity index (χ4n) is 1.41. The summed E-state index contributed by atoms with van der Waals surface area (Å²) in [5.74, 6) is 3.20. The van der Waals surface area contributed by atoms with Gasteiger partial charge in [0.2, 0.25) is 0 Å². The first kappa shape index (κ1) is 13.9. The predicted molar refractivity (Wildman–Crippen MR) is 70.1 cm³/mol. The second kappa shape index (κ2) is 7.98. The summed E-state index contributed by atoms with van der Waals surface area (Å²) in [4.78, 5) is 10.4. The number of carbonyl (C=O) groups is 1. The number of hydrogen-bond donors (Lipinski definition) is 3. The van der Waals surface area contributed by atoms with Crippen molar-refractivity contribution < 1.29 is 9.53 Å². The van der Waals surface area contributed by atoms with Crippen LogP contribution in [0.1, 0.15) is 5.56 Å². The molecule has 1 aromatic rings. The van der Waals surface area contributed by atoms with Crippen LogP contribution >= 0.6 is 0 Å². The van der Waals surface area contributed by atoms with Gasteiger partial charge in [-0.25, -0.2) is 4.79 Å². The van der Waals surface area contributed by atoms with E-state index < -0.39 is 6.03 Å². The average molecular weight is 247 g/mol. The Labute approximate surface area is 107 Å². The molecule has 0 aliphatic carbocycles. The van der Waals surface area contributed by atoms with Gasteiger partial charge in [-0.15, -0.1) is 6.42 Å². The molecule has 4 N–H and O–H groups in total. The number of para-hydroxylation sites is 1. The molecule has 0 atom stereocenters. The van der Waals surface area contributed by atoms with Crippen LogP contribution in [-0.4, -0.2) is 25.7 Å². The zero-order chi connectivity index (χ0) is 13.2. The number of hydrogen-bond acceptors (Lipinski definition) is 3. The van der Waals surface area contributed by atoms with Crippen molar-refractivity contribution in [1.82, 2.24) is 10.6 Å². The Morgan fingerprint density at radius 1 is 1.39 bits per heavy atom. The second-order valence-corrected chi connectivity index (χ2v) is 3.57. The first-order chi connectivity index (χ1) is 8.74. The number of nitrogens with two attached hydrogens (primary N) is 1. The molecule has 0 aliphatic rings. The lowest BCUT2D eigenvalue weighted by molar-refractivity contribution is 0.249. The Hall–Kier alpha value is -2.19. The quantitative estimate of drug-likeness (QED) is 0.484. The van der Waals surface area contributed by atoms with Crippen molar-refractivity contribution >= 4 is 6.03 Å². The molecule has 0 unspecified atom stereocenters. The number of urea groups is 1. The van der Waals surface area contributed by atoms with E-state index >= 15 is 0 Å². The Bertz CT molecular complexity index is 426. The lowest BCUT2D eigenvalue weighted by atomic mass is 10.2. The van der Waals surface area contributed by atoms with Crippen LogP contribution < -0.4 is 21.1 Å². The van der Waals surface area contributed by atoms with Crippen LogP contribution in [0.5, 0.6) is 5.75 Å². The van der Waals surface area contributed by atoms with Crippen molar-refractivity contribution in [2.75, 3.05) is 19.7 Å². The van der Waals surface area contributed by atoms with Crippen molar-refractivity contribution in [2.24, 2.45) is 5.73 Å². The number of nitrogens with one attached hydrogen (secondary N) is 2. The van der Waals surface area contributed by atoms with Crippen LogP contribution in [-0.2, 0) is 6.54 Å². The summed E-state index contributed by atoms with van der Waals surface area (Å²) in [7, 11) is 0. The normalized spacial score (nSPS) is 9.50. The average Bonchev–Trinajstić information content (AvgIpc) is 2.36. The summed E-state index contributed by atoms with van der Waals surface area (Å²) >= 11 is 0. The molecule has 0 spiro atoms. The van der Waals surface area contributed by atoms with E-state index in [1.807, 2.05) is 24.3 Å². The zero-order valence-corrected chi connectivity index (χ0v) is 10.1. The molecule has 0 fully saturated rings. The minimum absolute atomic E-state index is 0.250. The van der Waals surface area contributed by atoms with Crippen molar-refractivity contribution in [3.63, 3.8) is 0 Å². The van der Waals surface area contributed by atoms with Crippen molar-refractivity contribution in [3.8, 4) is 18.1 Å². The molecule has 5 nitrogen and oxygen atoms in total. The van der Waals surface area contributed by atoms with Gasteiger partial charge in [0.15, 0.2) is 0 Å². The molecule has 0 radical (unpaired) electrons. The smallest absolute Gasteiger partial charge is 0.312 e. The van der Waals surface area contributed by atoms with E-state index in [0.29, 0.717) is 19.6 Å². The molecule has 0 saturated heterocycles. The molecule has 1 rings (SSSR count). The summed E-state index contributed by atoms with van der Waals surface area (Å²) in [6, 6.07) is 7.14. The number of ether oxygens (including phenoxy) is 1. The molecule has 0 bridgehead atoms. The fourth-order valence-corrected chi connectivity index (χ4v) is 1.41. The third kappa shape index (κ3) is 5.23. The number of rotatable bonds is 7. The molecular formula is C13H17N3O2. The number of primary amides is 1. The van der Waals surface area contributed by atoms with Crippen LogP contribution in [0.4, 0.5) is 4.79 Å². The Morgan fingerprint density at radius 2 is 2.17 bits per heavy atom. The maximum Gasteiger partial charge on any atom is 0.312 e. The van der Waals surface area contributed by atoms with Gasteiger partial charge in [0.25, 0.3) is 0 Å². The standard InChI is InChI=1S/C13H17N3O2/c1-2-9-18-12-6-4-3-5-11(12)10-15-7-8-16-13(14)17/h1,3-6,15H,7-10H2,(H3,14,16,17). The molecule has 96 valence electrons. The van der Waals surface area contributed by atoms with Crippen LogP contribution in [0.3, 0.4) is 0 Å². The van der Waals surface area contributed by atoms with Crippen molar-refractivity contribution in [3.05, 3.63) is 29.8 Å². The highest BCUT2D eigenvalue weighted by molar-refractivity contribution is 5.71. The largest absolute Gasteiger partial charge is 0.481 e. The molecule has 18 heavy (non-hydrogen) atoms. The molecule has 0 heterocycles. The highest BCUT2D eigenvalue weighted by Gasteiger charge is 2.01. The highest BCUT2D eigenvalue weighted by atomic mass is 16.5. The van der Waals surface area contributed by atoms with E-state index in [0.717, 1.165) is 11.3 Å². The predicted octanol–water partition coefficient (Wildman–Crippen LogP) is 0.457. The SMILES string of the molecule is C#CCOc1ccccc1CNCCNC(N)=O. The third-order valence-corrected chi connectivity index (χ3v) is 2.20. The van der Waals surface area contributed by atoms with Gasteiger partial charge in [-0.05, 0) is 6.07 Å². The van der Waals surface area contributed by atoms with E-state index in [1.54, 1.807) is 0 Å². The summed E-state index contributed by atoms with van der Waals surface area (Å²) in [6.45, 7) is 2.01. The topological polar surface area (TPSA) is 76.4 Å². The van der Waals surface area contributed by atoms with E-state index in [4.69, 9.17) is 16.9 Å². The van der Waals surface area contributed by atoms with Crippen molar-refractivity contribution in [1.29, 1.82) is 0 Å². The summed E-state index contributed by atoms with van der Waals surface area (Å²) < 4.78 is 5.42. The Morgan fingerprint density at radius 3 is 2.89 bits per heavy atom. The van der Waals surface area contributed by atoms with Gasteiger partial charge in [-0.2, -0.15) is 0 Å². The van der Waals surface area contributed by atoms with Gasteiger partial charge in [-0.1, -0.05) is 24.1 Å². The van der Waals surface area contributed by atoms with E-state index in [9.17, 15) is 4.79 Å². The molecule has 2 amide bonds. The molecule has 5 heteroatoms. The van der Waals surface area contributed by atoms with E-state index in [1.165, 1.54) is 0 Å². The molecule has 0 saturated carbocycles.